The number of nitro benzene ring substituents is 1. The predicted molar refractivity (Wildman–Crippen MR) is 108 cm³/mol. The van der Waals surface area contributed by atoms with Gasteiger partial charge in [-0.3, -0.25) is 15.1 Å². The Balaban J connectivity index is 1.70. The van der Waals surface area contributed by atoms with Gasteiger partial charge in [0.2, 0.25) is 0 Å². The highest BCUT2D eigenvalue weighted by Crippen LogP contribution is 2.22. The average Bonchev–Trinajstić information content (AvgIpc) is 2.70. The van der Waals surface area contributed by atoms with Crippen molar-refractivity contribution in [2.45, 2.75) is 6.42 Å². The Labute approximate surface area is 158 Å². The number of methoxy groups -OCH3 is 1. The van der Waals surface area contributed by atoms with Crippen molar-refractivity contribution in [1.82, 2.24) is 10.6 Å². The molecule has 0 heterocycles. The number of aliphatic imine (C=N–C) groups is 1. The number of nitro groups is 1. The summed E-state index contributed by atoms with van der Waals surface area (Å²) in [4.78, 5) is 14.8. The zero-order valence-corrected chi connectivity index (χ0v) is 15.6. The summed E-state index contributed by atoms with van der Waals surface area (Å²) in [5.41, 5.74) is 1.78. The van der Waals surface area contributed by atoms with E-state index in [2.05, 4.69) is 20.9 Å². The van der Waals surface area contributed by atoms with Gasteiger partial charge in [-0.1, -0.05) is 24.3 Å². The summed E-state index contributed by atoms with van der Waals surface area (Å²) in [6.45, 7) is 1.85. The van der Waals surface area contributed by atoms with E-state index in [0.29, 0.717) is 24.7 Å². The fourth-order valence-corrected chi connectivity index (χ4v) is 2.50. The van der Waals surface area contributed by atoms with Crippen molar-refractivity contribution in [3.05, 3.63) is 64.2 Å². The van der Waals surface area contributed by atoms with Crippen LogP contribution in [0.15, 0.2) is 53.5 Å². The molecular weight excluding hydrogens is 346 g/mol. The van der Waals surface area contributed by atoms with Crippen LogP contribution in [-0.2, 0) is 6.42 Å². The van der Waals surface area contributed by atoms with Gasteiger partial charge in [0.1, 0.15) is 11.4 Å². The molecule has 0 fully saturated rings. The van der Waals surface area contributed by atoms with Crippen LogP contribution in [0.2, 0.25) is 0 Å². The fraction of sp³-hybridized carbons (Fsp3) is 0.316. The molecule has 0 aliphatic rings. The van der Waals surface area contributed by atoms with Gasteiger partial charge in [0.15, 0.2) is 5.96 Å². The van der Waals surface area contributed by atoms with E-state index in [9.17, 15) is 10.1 Å². The maximum atomic E-state index is 11.0. The number of anilines is 1. The second-order valence-electron chi connectivity index (χ2n) is 5.72. The van der Waals surface area contributed by atoms with Gasteiger partial charge < -0.3 is 20.7 Å². The Kier molecular flexibility index (Phi) is 7.90. The predicted octanol–water partition coefficient (Wildman–Crippen LogP) is 2.42. The van der Waals surface area contributed by atoms with Crippen molar-refractivity contribution in [1.29, 1.82) is 0 Å². The minimum Gasteiger partial charge on any atom is -0.497 e. The van der Waals surface area contributed by atoms with Gasteiger partial charge in [0.05, 0.1) is 12.0 Å². The topological polar surface area (TPSA) is 101 Å². The minimum atomic E-state index is -0.393. The van der Waals surface area contributed by atoms with E-state index in [-0.39, 0.29) is 5.69 Å². The van der Waals surface area contributed by atoms with Crippen LogP contribution in [0.4, 0.5) is 11.4 Å². The van der Waals surface area contributed by atoms with Crippen LogP contribution in [0.3, 0.4) is 0 Å². The molecule has 0 amide bonds. The number of guanidine groups is 1. The van der Waals surface area contributed by atoms with Gasteiger partial charge in [-0.2, -0.15) is 0 Å². The summed E-state index contributed by atoms with van der Waals surface area (Å²) in [5.74, 6) is 1.53. The lowest BCUT2D eigenvalue weighted by molar-refractivity contribution is -0.384. The molecule has 3 N–H and O–H groups in total. The Morgan fingerprint density at radius 3 is 2.44 bits per heavy atom. The molecule has 0 unspecified atom stereocenters. The summed E-state index contributed by atoms with van der Waals surface area (Å²) in [6.07, 6.45) is 0.860. The molecule has 0 aromatic heterocycles. The lowest BCUT2D eigenvalue weighted by Crippen LogP contribution is -2.40. The third kappa shape index (κ3) is 6.50. The first-order valence-corrected chi connectivity index (χ1v) is 8.68. The Bertz CT molecular complexity index is 762. The van der Waals surface area contributed by atoms with Gasteiger partial charge in [-0.15, -0.1) is 0 Å². The summed E-state index contributed by atoms with van der Waals surface area (Å²) < 4.78 is 5.15. The Morgan fingerprint density at radius 1 is 1.07 bits per heavy atom. The number of hydrogen-bond acceptors (Lipinski definition) is 5. The summed E-state index contributed by atoms with van der Waals surface area (Å²) in [6, 6.07) is 14.5. The van der Waals surface area contributed by atoms with Crippen LogP contribution in [0, 0.1) is 10.1 Å². The minimum absolute atomic E-state index is 0.0690. The second kappa shape index (κ2) is 10.6. The molecule has 0 atom stereocenters. The second-order valence-corrected chi connectivity index (χ2v) is 5.72. The van der Waals surface area contributed by atoms with Crippen molar-refractivity contribution in [2.75, 3.05) is 39.1 Å². The zero-order chi connectivity index (χ0) is 19.5. The molecule has 0 spiro atoms. The third-order valence-corrected chi connectivity index (χ3v) is 3.92. The number of benzene rings is 2. The standard InChI is InChI=1S/C19H25N5O3/c1-20-19(22-12-11-15-7-9-16(27-2)10-8-15)23-14-13-21-17-5-3-4-6-18(17)24(25)26/h3-10,21H,11-14H2,1-2H3,(H2,20,22,23). The van der Waals surface area contributed by atoms with E-state index in [4.69, 9.17) is 4.74 Å². The molecule has 144 valence electrons. The number of nitrogens with one attached hydrogen (secondary N) is 3. The van der Waals surface area contributed by atoms with Gasteiger partial charge in [0.25, 0.3) is 5.69 Å². The first kappa shape index (κ1) is 20.0. The monoisotopic (exact) mass is 371 g/mol. The third-order valence-electron chi connectivity index (χ3n) is 3.92. The van der Waals surface area contributed by atoms with E-state index < -0.39 is 4.92 Å². The van der Waals surface area contributed by atoms with E-state index in [1.807, 2.05) is 24.3 Å². The SMILES string of the molecule is CN=C(NCCNc1ccccc1[N+](=O)[O-])NCCc1ccc(OC)cc1. The number of ether oxygens (including phenoxy) is 1. The number of rotatable bonds is 9. The maximum Gasteiger partial charge on any atom is 0.292 e. The van der Waals surface area contributed by atoms with Gasteiger partial charge in [0, 0.05) is 32.7 Å². The number of para-hydroxylation sites is 2. The molecule has 8 heteroatoms. The molecule has 8 nitrogen and oxygen atoms in total. The molecular formula is C19H25N5O3. The van der Waals surface area contributed by atoms with Crippen LogP contribution in [-0.4, -0.2) is 44.7 Å². The highest BCUT2D eigenvalue weighted by atomic mass is 16.6. The van der Waals surface area contributed by atoms with Crippen molar-refractivity contribution >= 4 is 17.3 Å². The normalized spacial score (nSPS) is 11.0. The summed E-state index contributed by atoms with van der Waals surface area (Å²) in [7, 11) is 3.36. The zero-order valence-electron chi connectivity index (χ0n) is 15.6. The average molecular weight is 371 g/mol. The first-order chi connectivity index (χ1) is 13.1. The highest BCUT2D eigenvalue weighted by molar-refractivity contribution is 5.79. The summed E-state index contributed by atoms with van der Waals surface area (Å²) >= 11 is 0. The molecule has 0 bridgehead atoms. The highest BCUT2D eigenvalue weighted by Gasteiger charge is 2.11. The van der Waals surface area contributed by atoms with E-state index in [1.165, 1.54) is 11.6 Å². The molecule has 0 aliphatic heterocycles. The van der Waals surface area contributed by atoms with Gasteiger partial charge in [-0.25, -0.2) is 0 Å². The van der Waals surface area contributed by atoms with E-state index in [1.54, 1.807) is 32.4 Å². The molecule has 2 rings (SSSR count). The molecule has 0 saturated heterocycles. The largest absolute Gasteiger partial charge is 0.497 e. The maximum absolute atomic E-state index is 11.0. The molecule has 27 heavy (non-hydrogen) atoms. The van der Waals surface area contributed by atoms with E-state index in [0.717, 1.165) is 18.7 Å². The number of nitrogens with zero attached hydrogens (tertiary/aromatic N) is 2. The van der Waals surface area contributed by atoms with Crippen LogP contribution < -0.4 is 20.7 Å². The lowest BCUT2D eigenvalue weighted by atomic mass is 10.1. The Morgan fingerprint density at radius 2 is 1.78 bits per heavy atom. The smallest absolute Gasteiger partial charge is 0.292 e. The van der Waals surface area contributed by atoms with Crippen LogP contribution >= 0.6 is 0 Å². The number of hydrogen-bond donors (Lipinski definition) is 3. The Hall–Kier alpha value is -3.29. The van der Waals surface area contributed by atoms with Gasteiger partial charge >= 0.3 is 0 Å². The fourth-order valence-electron chi connectivity index (χ4n) is 2.50. The van der Waals surface area contributed by atoms with Gasteiger partial charge in [-0.05, 0) is 30.2 Å². The molecule has 0 saturated carbocycles. The van der Waals surface area contributed by atoms with Crippen molar-refractivity contribution in [3.63, 3.8) is 0 Å². The molecule has 2 aromatic carbocycles. The van der Waals surface area contributed by atoms with E-state index >= 15 is 0 Å². The van der Waals surface area contributed by atoms with Crippen LogP contribution in [0.5, 0.6) is 5.75 Å². The molecule has 0 radical (unpaired) electrons. The van der Waals surface area contributed by atoms with Crippen LogP contribution in [0.25, 0.3) is 0 Å². The molecule has 2 aromatic rings. The van der Waals surface area contributed by atoms with Crippen molar-refractivity contribution in [2.24, 2.45) is 4.99 Å². The lowest BCUT2D eigenvalue weighted by Gasteiger charge is -2.13. The quantitative estimate of drug-likeness (QED) is 0.206. The summed E-state index contributed by atoms with van der Waals surface area (Å²) in [5, 5.41) is 20.5. The van der Waals surface area contributed by atoms with Crippen molar-refractivity contribution in [3.8, 4) is 5.75 Å². The first-order valence-electron chi connectivity index (χ1n) is 8.68. The molecule has 0 aliphatic carbocycles. The van der Waals surface area contributed by atoms with Crippen LogP contribution in [0.1, 0.15) is 5.56 Å². The van der Waals surface area contributed by atoms with Crippen molar-refractivity contribution < 1.29 is 9.66 Å².